The van der Waals surface area contributed by atoms with Crippen molar-refractivity contribution in [3.63, 3.8) is 0 Å². The van der Waals surface area contributed by atoms with E-state index in [1.807, 2.05) is 0 Å². The van der Waals surface area contributed by atoms with Crippen molar-refractivity contribution in [3.8, 4) is 5.75 Å². The summed E-state index contributed by atoms with van der Waals surface area (Å²) in [5.74, 6) is 3.05. The summed E-state index contributed by atoms with van der Waals surface area (Å²) < 4.78 is 8.10. The third kappa shape index (κ3) is 8.14. The van der Waals surface area contributed by atoms with Gasteiger partial charge in [-0.1, -0.05) is 91.8 Å². The molecule has 1 unspecified atom stereocenters. The first-order valence-corrected chi connectivity index (χ1v) is 19.9. The van der Waals surface area contributed by atoms with E-state index in [1.54, 1.807) is 0 Å². The van der Waals surface area contributed by atoms with Crippen molar-refractivity contribution in [2.45, 2.75) is 98.5 Å². The molecule has 1 fully saturated rings. The first kappa shape index (κ1) is 35.5. The SMILES string of the molecule is CC(C)c1cccc(C(C)C)c1N1[CH-]N(c2c(C(C)C)cccc2C(C)C)CC1.CCC1CN(C)c2cccc([CH]=[Ru][Cl])c2O1. The number of nitrogens with zero attached hydrogens (tertiary/aromatic N) is 3. The second-order valence-corrected chi connectivity index (χ2v) is 15.4. The number of rotatable bonds is 8. The van der Waals surface area contributed by atoms with Crippen LogP contribution in [0.15, 0.2) is 54.6 Å². The quantitative estimate of drug-likeness (QED) is 0.171. The van der Waals surface area contributed by atoms with Crippen LogP contribution in [0.1, 0.15) is 120 Å². The van der Waals surface area contributed by atoms with Crippen LogP contribution in [0.2, 0.25) is 0 Å². The molecule has 3 aromatic carbocycles. The number of hydrogen-bond donors (Lipinski definition) is 0. The summed E-state index contributed by atoms with van der Waals surface area (Å²) in [6.45, 7) is 26.0. The average molecular weight is 717 g/mol. The second-order valence-electron chi connectivity index (χ2n) is 13.6. The van der Waals surface area contributed by atoms with Gasteiger partial charge in [0.05, 0.1) is 0 Å². The molecule has 2 aliphatic heterocycles. The molecule has 0 bridgehead atoms. The zero-order chi connectivity index (χ0) is 32.8. The Bertz CT molecular complexity index is 1330. The molecule has 3 aromatic rings. The summed E-state index contributed by atoms with van der Waals surface area (Å²) in [5.41, 5.74) is 11.0. The van der Waals surface area contributed by atoms with Gasteiger partial charge in [-0.05, 0) is 45.9 Å². The van der Waals surface area contributed by atoms with E-state index < -0.39 is 0 Å². The molecule has 5 rings (SSSR count). The third-order valence-corrected chi connectivity index (χ3v) is 10.1. The predicted octanol–water partition coefficient (Wildman–Crippen LogP) is 10.3. The molecule has 6 heteroatoms. The molecule has 0 aromatic heterocycles. The molecule has 2 aliphatic rings. The van der Waals surface area contributed by atoms with Crippen molar-refractivity contribution >= 4 is 31.4 Å². The molecule has 1 atom stereocenters. The standard InChI is InChI=1S/C27H39N2.C12H15NO.ClH.Ru/c1-18(2)22-11-9-12-23(19(3)4)26(22)28-15-16-29(17-28)27-24(20(5)6)13-10-14-25(27)21(7)8;1-4-10-8-13(3)11-7-5-6-9(2)12(11)14-10;;/h9-14,17-21H,15-16H2,1-8H3;2,5-7,10H,4,8H2,1,3H3;1H;/q-1;;;+1/p-1. The molecule has 1 saturated heterocycles. The fraction of sp³-hybridized carbons (Fsp3) is 0.487. The zero-order valence-electron chi connectivity index (χ0n) is 29.0. The zero-order valence-corrected chi connectivity index (χ0v) is 31.5. The Balaban J connectivity index is 0.000000242. The van der Waals surface area contributed by atoms with E-state index in [9.17, 15) is 0 Å². The minimum atomic E-state index is -0.212. The van der Waals surface area contributed by atoms with Crippen LogP contribution in [0.4, 0.5) is 17.1 Å². The fourth-order valence-corrected chi connectivity index (χ4v) is 7.53. The van der Waals surface area contributed by atoms with Gasteiger partial charge in [0.2, 0.25) is 0 Å². The van der Waals surface area contributed by atoms with Crippen LogP contribution < -0.4 is 19.4 Å². The summed E-state index contributed by atoms with van der Waals surface area (Å²) in [6, 6.07) is 19.9. The number of likely N-dealkylation sites (N-methyl/N-ethyl adjacent to an activating group) is 1. The van der Waals surface area contributed by atoms with Crippen molar-refractivity contribution in [2.24, 2.45) is 0 Å². The molecule has 45 heavy (non-hydrogen) atoms. The Morgan fingerprint density at radius 2 is 1.22 bits per heavy atom. The van der Waals surface area contributed by atoms with Gasteiger partial charge in [-0.25, -0.2) is 0 Å². The molecule has 0 radical (unpaired) electrons. The number of para-hydroxylation sites is 3. The third-order valence-electron chi connectivity index (χ3n) is 8.92. The van der Waals surface area contributed by atoms with Gasteiger partial charge >= 0.3 is 108 Å². The number of benzene rings is 3. The summed E-state index contributed by atoms with van der Waals surface area (Å²) in [4.78, 5) is 7.27. The van der Waals surface area contributed by atoms with Crippen molar-refractivity contribution in [3.05, 3.63) is 89.1 Å². The van der Waals surface area contributed by atoms with Gasteiger partial charge < -0.3 is 9.80 Å². The first-order valence-electron chi connectivity index (χ1n) is 16.7. The van der Waals surface area contributed by atoms with Crippen molar-refractivity contribution < 1.29 is 20.4 Å². The topological polar surface area (TPSA) is 19.0 Å². The summed E-state index contributed by atoms with van der Waals surface area (Å²) in [5, 5.41) is 0. The number of anilines is 3. The molecule has 0 spiro atoms. The van der Waals surface area contributed by atoms with E-state index in [4.69, 9.17) is 14.4 Å². The Morgan fingerprint density at radius 3 is 1.62 bits per heavy atom. The minimum absolute atomic E-state index is 0.212. The van der Waals surface area contributed by atoms with Crippen molar-refractivity contribution in [1.29, 1.82) is 0 Å². The second kappa shape index (κ2) is 16.0. The molecule has 2 heterocycles. The van der Waals surface area contributed by atoms with E-state index >= 15 is 0 Å². The van der Waals surface area contributed by atoms with E-state index in [0.717, 1.165) is 37.4 Å². The van der Waals surface area contributed by atoms with E-state index in [0.29, 0.717) is 23.7 Å². The predicted molar refractivity (Wildman–Crippen MR) is 194 cm³/mol. The van der Waals surface area contributed by atoms with Gasteiger partial charge in [0.15, 0.2) is 0 Å². The van der Waals surface area contributed by atoms with Crippen molar-refractivity contribution in [1.82, 2.24) is 0 Å². The van der Waals surface area contributed by atoms with Gasteiger partial charge in [0.25, 0.3) is 0 Å². The van der Waals surface area contributed by atoms with Gasteiger partial charge in [-0.3, -0.25) is 0 Å². The Kier molecular flexibility index (Phi) is 12.6. The van der Waals surface area contributed by atoms with Crippen LogP contribution in [-0.2, 0) is 15.7 Å². The molecule has 0 saturated carbocycles. The van der Waals surface area contributed by atoms with Crippen LogP contribution in [0, 0.1) is 6.67 Å². The van der Waals surface area contributed by atoms with Crippen LogP contribution in [0.5, 0.6) is 5.75 Å². The maximum absolute atomic E-state index is 6.02. The van der Waals surface area contributed by atoms with Crippen LogP contribution in [0.3, 0.4) is 0 Å². The van der Waals surface area contributed by atoms with Gasteiger partial charge in [-0.2, -0.15) is 6.67 Å². The number of halogens is 1. The summed E-state index contributed by atoms with van der Waals surface area (Å²) >= 11 is -0.212. The van der Waals surface area contributed by atoms with E-state index in [1.165, 1.54) is 39.3 Å². The molecule has 0 aliphatic carbocycles. The van der Waals surface area contributed by atoms with Crippen LogP contribution >= 0.6 is 9.69 Å². The molecular formula is C39H54ClN3ORu-. The Hall–Kier alpha value is -2.36. The molecular weight excluding hydrogens is 663 g/mol. The summed E-state index contributed by atoms with van der Waals surface area (Å²) in [7, 11) is 7.96. The number of hydrogen-bond acceptors (Lipinski definition) is 4. The molecule has 247 valence electrons. The monoisotopic (exact) mass is 717 g/mol. The van der Waals surface area contributed by atoms with Gasteiger partial charge in [0, 0.05) is 24.5 Å². The van der Waals surface area contributed by atoms with Crippen LogP contribution in [0.25, 0.3) is 0 Å². The molecule has 4 nitrogen and oxygen atoms in total. The summed E-state index contributed by atoms with van der Waals surface area (Å²) in [6.07, 6.45) is 1.32. The van der Waals surface area contributed by atoms with E-state index in [2.05, 4.69) is 150 Å². The number of ether oxygens (including phenoxy) is 1. The van der Waals surface area contributed by atoms with E-state index in [-0.39, 0.29) is 21.8 Å². The molecule has 0 amide bonds. The first-order chi connectivity index (χ1) is 21.5. The number of fused-ring (bicyclic) bond motifs is 1. The normalized spacial score (nSPS) is 16.8. The Labute approximate surface area is 285 Å². The fourth-order valence-electron chi connectivity index (χ4n) is 6.44. The van der Waals surface area contributed by atoms with Gasteiger partial charge in [-0.15, -0.1) is 0 Å². The Morgan fingerprint density at radius 1 is 0.778 bits per heavy atom. The average Bonchev–Trinajstić information content (AvgIpc) is 3.50. The van der Waals surface area contributed by atoms with Crippen LogP contribution in [-0.4, -0.2) is 37.4 Å². The maximum atomic E-state index is 6.02. The van der Waals surface area contributed by atoms with Crippen molar-refractivity contribution in [2.75, 3.05) is 41.4 Å². The van der Waals surface area contributed by atoms with Gasteiger partial charge in [0.1, 0.15) is 0 Å². The molecule has 0 N–H and O–H groups in total.